The summed E-state index contributed by atoms with van der Waals surface area (Å²) in [5.74, 6) is -0.851. The quantitative estimate of drug-likeness (QED) is 0.783. The van der Waals surface area contributed by atoms with Crippen LogP contribution in [0.5, 0.6) is 0 Å². The fourth-order valence-electron chi connectivity index (χ4n) is 3.21. The highest BCUT2D eigenvalue weighted by Gasteiger charge is 2.27. The van der Waals surface area contributed by atoms with Crippen molar-refractivity contribution in [3.05, 3.63) is 34.4 Å². The van der Waals surface area contributed by atoms with Crippen LogP contribution in [0.3, 0.4) is 0 Å². The van der Waals surface area contributed by atoms with Crippen LogP contribution < -0.4 is 4.90 Å². The molecular formula is C17H17ClF2N2O. The number of hydrogen-bond donors (Lipinski definition) is 0. The molecule has 0 aliphatic carbocycles. The van der Waals surface area contributed by atoms with E-state index in [0.29, 0.717) is 24.3 Å². The lowest BCUT2D eigenvalue weighted by Gasteiger charge is -2.35. The Bertz CT molecular complexity index is 766. The fourth-order valence-corrected chi connectivity index (χ4v) is 3.61. The molecule has 0 saturated carbocycles. The third-order valence-corrected chi connectivity index (χ3v) is 4.76. The van der Waals surface area contributed by atoms with Gasteiger partial charge in [-0.2, -0.15) is 0 Å². The monoisotopic (exact) mass is 338 g/mol. The van der Waals surface area contributed by atoms with Gasteiger partial charge in [-0.3, -0.25) is 0 Å². The molecule has 3 nitrogen and oxygen atoms in total. The van der Waals surface area contributed by atoms with E-state index in [0.717, 1.165) is 31.6 Å². The van der Waals surface area contributed by atoms with Gasteiger partial charge in [-0.25, -0.2) is 13.8 Å². The first-order valence-corrected chi connectivity index (χ1v) is 8.13. The maximum absolute atomic E-state index is 14.1. The smallest absolute Gasteiger partial charge is 0.142 e. The lowest BCUT2D eigenvalue weighted by Crippen LogP contribution is -2.41. The number of hydrogen-bond acceptors (Lipinski definition) is 3. The van der Waals surface area contributed by atoms with Gasteiger partial charge >= 0.3 is 0 Å². The van der Waals surface area contributed by atoms with Crippen LogP contribution in [0.2, 0.25) is 5.02 Å². The molecule has 3 rings (SSSR count). The first-order valence-electron chi connectivity index (χ1n) is 7.75. The molecule has 23 heavy (non-hydrogen) atoms. The lowest BCUT2D eigenvalue weighted by atomic mass is 10.0. The molecule has 0 amide bonds. The van der Waals surface area contributed by atoms with Gasteiger partial charge in [-0.15, -0.1) is 0 Å². The van der Waals surface area contributed by atoms with E-state index in [-0.39, 0.29) is 22.0 Å². The van der Waals surface area contributed by atoms with Crippen LogP contribution in [0, 0.1) is 11.6 Å². The van der Waals surface area contributed by atoms with E-state index in [1.165, 1.54) is 6.07 Å². The van der Waals surface area contributed by atoms with Gasteiger partial charge in [-0.1, -0.05) is 18.5 Å². The van der Waals surface area contributed by atoms with Crippen LogP contribution in [0.15, 0.2) is 12.1 Å². The Morgan fingerprint density at radius 2 is 2.17 bits per heavy atom. The maximum atomic E-state index is 14.1. The van der Waals surface area contributed by atoms with Crippen LogP contribution >= 0.6 is 11.6 Å². The third-order valence-electron chi connectivity index (χ3n) is 4.35. The van der Waals surface area contributed by atoms with Crippen molar-refractivity contribution in [2.75, 3.05) is 11.4 Å². The number of carbonyl (C=O) groups excluding carboxylic acids is 1. The van der Waals surface area contributed by atoms with Crippen molar-refractivity contribution in [2.24, 2.45) is 0 Å². The molecule has 6 heteroatoms. The van der Waals surface area contributed by atoms with Gasteiger partial charge in [0, 0.05) is 24.2 Å². The minimum atomic E-state index is -0.718. The van der Waals surface area contributed by atoms with Crippen molar-refractivity contribution in [1.29, 1.82) is 0 Å². The number of benzene rings is 1. The Morgan fingerprint density at radius 3 is 2.87 bits per heavy atom. The molecule has 1 fully saturated rings. The van der Waals surface area contributed by atoms with Crippen molar-refractivity contribution >= 4 is 34.6 Å². The van der Waals surface area contributed by atoms with Gasteiger partial charge in [0.2, 0.25) is 0 Å². The van der Waals surface area contributed by atoms with E-state index in [1.54, 1.807) is 0 Å². The molecule has 0 N–H and O–H groups in total. The summed E-state index contributed by atoms with van der Waals surface area (Å²) in [4.78, 5) is 17.7. The van der Waals surface area contributed by atoms with Crippen molar-refractivity contribution in [1.82, 2.24) is 4.98 Å². The minimum Gasteiger partial charge on any atom is -0.347 e. The van der Waals surface area contributed by atoms with Crippen molar-refractivity contribution in [3.63, 3.8) is 0 Å². The van der Waals surface area contributed by atoms with Gasteiger partial charge in [0.1, 0.15) is 23.7 Å². The summed E-state index contributed by atoms with van der Waals surface area (Å²) in [6, 6.07) is 1.71. The summed E-state index contributed by atoms with van der Waals surface area (Å²) < 4.78 is 27.6. The Labute approximate surface area is 138 Å². The molecule has 1 aliphatic heterocycles. The molecule has 1 unspecified atom stereocenters. The number of anilines is 1. The number of aldehydes is 1. The van der Waals surface area contributed by atoms with E-state index < -0.39 is 11.6 Å². The molecular weight excluding hydrogens is 322 g/mol. The molecule has 0 spiro atoms. The van der Waals surface area contributed by atoms with Crippen LogP contribution in [-0.4, -0.2) is 23.9 Å². The Morgan fingerprint density at radius 1 is 1.39 bits per heavy atom. The molecule has 2 heterocycles. The predicted octanol–water partition coefficient (Wildman–Crippen LogP) is 4.29. The van der Waals surface area contributed by atoms with Gasteiger partial charge in [0.05, 0.1) is 22.0 Å². The molecule has 0 bridgehead atoms. The summed E-state index contributed by atoms with van der Waals surface area (Å²) in [6.45, 7) is 2.59. The summed E-state index contributed by atoms with van der Waals surface area (Å²) >= 11 is 6.40. The second kappa shape index (κ2) is 6.40. The minimum absolute atomic E-state index is 0.133. The number of nitrogens with zero attached hydrogens (tertiary/aromatic N) is 2. The topological polar surface area (TPSA) is 33.2 Å². The molecule has 2 aromatic rings. The van der Waals surface area contributed by atoms with Crippen LogP contribution in [0.25, 0.3) is 10.9 Å². The third kappa shape index (κ3) is 2.78. The second-order valence-electron chi connectivity index (χ2n) is 5.76. The number of halogens is 3. The zero-order chi connectivity index (χ0) is 16.6. The highest BCUT2D eigenvalue weighted by Crippen LogP contribution is 2.36. The Balaban J connectivity index is 2.25. The summed E-state index contributed by atoms with van der Waals surface area (Å²) in [5.41, 5.74) is 0.869. The van der Waals surface area contributed by atoms with Gasteiger partial charge in [0.15, 0.2) is 0 Å². The van der Waals surface area contributed by atoms with Crippen molar-refractivity contribution in [3.8, 4) is 0 Å². The van der Waals surface area contributed by atoms with Crippen molar-refractivity contribution in [2.45, 2.75) is 38.6 Å². The maximum Gasteiger partial charge on any atom is 0.142 e. The van der Waals surface area contributed by atoms with E-state index in [1.807, 2.05) is 11.8 Å². The standard InChI is InChI=1S/C17H17ClF2N2O/c1-2-12-16(18)15-13(20)7-10(19)8-14(15)21-17(12)22-6-4-3-5-11(22)9-23/h7-9,11H,2-6H2,1H3. The van der Waals surface area contributed by atoms with E-state index in [2.05, 4.69) is 4.98 Å². The SMILES string of the molecule is CCc1c(N2CCCCC2C=O)nc2cc(F)cc(F)c2c1Cl. The summed E-state index contributed by atoms with van der Waals surface area (Å²) in [7, 11) is 0. The van der Waals surface area contributed by atoms with Crippen molar-refractivity contribution < 1.29 is 13.6 Å². The average Bonchev–Trinajstić information content (AvgIpc) is 2.53. The molecule has 1 aliphatic rings. The summed E-state index contributed by atoms with van der Waals surface area (Å²) in [5, 5.41) is 0.383. The number of carbonyl (C=O) groups is 1. The molecule has 0 radical (unpaired) electrons. The number of piperidine rings is 1. The molecule has 122 valence electrons. The average molecular weight is 339 g/mol. The molecule has 1 aromatic carbocycles. The Kier molecular flexibility index (Phi) is 4.48. The van der Waals surface area contributed by atoms with E-state index in [4.69, 9.17) is 11.6 Å². The number of aromatic nitrogens is 1. The first-order chi connectivity index (χ1) is 11.1. The van der Waals surface area contributed by atoms with Gasteiger partial charge in [0.25, 0.3) is 0 Å². The fraction of sp³-hybridized carbons (Fsp3) is 0.412. The molecule has 1 aromatic heterocycles. The lowest BCUT2D eigenvalue weighted by molar-refractivity contribution is -0.109. The molecule has 1 atom stereocenters. The van der Waals surface area contributed by atoms with E-state index >= 15 is 0 Å². The highest BCUT2D eigenvalue weighted by atomic mass is 35.5. The van der Waals surface area contributed by atoms with E-state index in [9.17, 15) is 13.6 Å². The van der Waals surface area contributed by atoms with Gasteiger partial charge in [-0.05, 0) is 25.7 Å². The van der Waals surface area contributed by atoms with Crippen LogP contribution in [-0.2, 0) is 11.2 Å². The van der Waals surface area contributed by atoms with Gasteiger partial charge < -0.3 is 9.69 Å². The Hall–Kier alpha value is -1.75. The number of rotatable bonds is 3. The molecule has 1 saturated heterocycles. The number of pyridine rings is 1. The largest absolute Gasteiger partial charge is 0.347 e. The summed E-state index contributed by atoms with van der Waals surface area (Å²) in [6.07, 6.45) is 4.14. The normalized spacial score (nSPS) is 18.4. The van der Waals surface area contributed by atoms with Crippen LogP contribution in [0.1, 0.15) is 31.7 Å². The number of fused-ring (bicyclic) bond motifs is 1. The highest BCUT2D eigenvalue weighted by molar-refractivity contribution is 6.36. The second-order valence-corrected chi connectivity index (χ2v) is 6.13. The predicted molar refractivity (Wildman–Crippen MR) is 87.1 cm³/mol. The first kappa shape index (κ1) is 16.1. The zero-order valence-electron chi connectivity index (χ0n) is 12.8. The van der Waals surface area contributed by atoms with Crippen LogP contribution in [0.4, 0.5) is 14.6 Å². The zero-order valence-corrected chi connectivity index (χ0v) is 13.5.